The molecule has 0 aliphatic carbocycles. The molecule has 1 aromatic carbocycles. The van der Waals surface area contributed by atoms with Crippen LogP contribution in [0.5, 0.6) is 0 Å². The van der Waals surface area contributed by atoms with Crippen LogP contribution in [-0.4, -0.2) is 29.7 Å². The fourth-order valence-corrected chi connectivity index (χ4v) is 3.28. The van der Waals surface area contributed by atoms with Gasteiger partial charge in [0.05, 0.1) is 16.9 Å². The number of nitrogens with one attached hydrogen (secondary N) is 2. The Kier molecular flexibility index (Phi) is 6.45. The zero-order chi connectivity index (χ0) is 21.9. The minimum atomic E-state index is -4.71. The lowest BCUT2D eigenvalue weighted by Crippen LogP contribution is -2.27. The first-order valence-corrected chi connectivity index (χ1v) is 9.50. The molecule has 1 atom stereocenters. The Morgan fingerprint density at radius 3 is 2.60 bits per heavy atom. The van der Waals surface area contributed by atoms with Gasteiger partial charge in [-0.2, -0.15) is 13.2 Å². The maximum absolute atomic E-state index is 13.5. The Hall–Kier alpha value is -2.88. The molecule has 1 saturated heterocycles. The van der Waals surface area contributed by atoms with Gasteiger partial charge >= 0.3 is 6.18 Å². The van der Waals surface area contributed by atoms with E-state index in [1.807, 2.05) is 0 Å². The van der Waals surface area contributed by atoms with E-state index in [1.54, 1.807) is 13.8 Å². The molecular formula is C20H22F3N3O4. The summed E-state index contributed by atoms with van der Waals surface area (Å²) in [6.07, 6.45) is -3.86. The van der Waals surface area contributed by atoms with Gasteiger partial charge < -0.3 is 19.9 Å². The number of rotatable bonds is 6. The second-order valence-corrected chi connectivity index (χ2v) is 7.10. The van der Waals surface area contributed by atoms with Gasteiger partial charge in [0.2, 0.25) is 5.91 Å². The van der Waals surface area contributed by atoms with Gasteiger partial charge in [0.15, 0.2) is 0 Å². The third-order valence-corrected chi connectivity index (χ3v) is 4.87. The topological polar surface area (TPSA) is 93.5 Å². The minimum Gasteiger partial charge on any atom is -0.368 e. The van der Waals surface area contributed by atoms with Gasteiger partial charge in [-0.1, -0.05) is 5.16 Å². The van der Waals surface area contributed by atoms with Gasteiger partial charge in [0.1, 0.15) is 11.9 Å². The lowest BCUT2D eigenvalue weighted by Gasteiger charge is -2.17. The highest BCUT2D eigenvalue weighted by molar-refractivity contribution is 5.96. The Morgan fingerprint density at radius 2 is 2.00 bits per heavy atom. The molecule has 0 radical (unpaired) electrons. The largest absolute Gasteiger partial charge is 0.418 e. The smallest absolute Gasteiger partial charge is 0.368 e. The Bertz CT molecular complexity index is 914. The Balaban J connectivity index is 1.70. The van der Waals surface area contributed by atoms with Crippen LogP contribution < -0.4 is 10.6 Å². The van der Waals surface area contributed by atoms with Crippen LogP contribution in [0, 0.1) is 13.8 Å². The molecule has 1 fully saturated rings. The predicted molar refractivity (Wildman–Crippen MR) is 102 cm³/mol. The highest BCUT2D eigenvalue weighted by Crippen LogP contribution is 2.37. The van der Waals surface area contributed by atoms with Crippen molar-refractivity contribution in [3.8, 4) is 0 Å². The van der Waals surface area contributed by atoms with Crippen molar-refractivity contribution < 1.29 is 32.0 Å². The van der Waals surface area contributed by atoms with Crippen LogP contribution in [-0.2, 0) is 26.9 Å². The molecule has 1 aromatic heterocycles. The van der Waals surface area contributed by atoms with Crippen molar-refractivity contribution in [2.24, 2.45) is 0 Å². The van der Waals surface area contributed by atoms with Crippen molar-refractivity contribution >= 4 is 23.2 Å². The number of nitrogens with zero attached hydrogens (tertiary/aromatic N) is 1. The van der Waals surface area contributed by atoms with E-state index in [9.17, 15) is 22.8 Å². The summed E-state index contributed by atoms with van der Waals surface area (Å²) in [5.41, 5.74) is -0.0349. The van der Waals surface area contributed by atoms with E-state index in [1.165, 1.54) is 6.07 Å². The van der Waals surface area contributed by atoms with Crippen LogP contribution in [0.15, 0.2) is 22.7 Å². The normalized spacial score (nSPS) is 16.5. The summed E-state index contributed by atoms with van der Waals surface area (Å²) in [6, 6.07) is 3.24. The number of benzene rings is 1. The van der Waals surface area contributed by atoms with Crippen molar-refractivity contribution in [2.75, 3.05) is 17.2 Å². The molecule has 2 N–H and O–H groups in total. The number of aromatic nitrogens is 1. The molecule has 2 amide bonds. The van der Waals surface area contributed by atoms with Gasteiger partial charge in [-0.15, -0.1) is 0 Å². The SMILES string of the molecule is Cc1noc(C)c1CCC(=O)Nc1ccc(NC(=O)C2CCCO2)cc1C(F)(F)F. The maximum atomic E-state index is 13.5. The monoisotopic (exact) mass is 425 g/mol. The lowest BCUT2D eigenvalue weighted by molar-refractivity contribution is -0.137. The molecule has 0 spiro atoms. The van der Waals surface area contributed by atoms with E-state index in [2.05, 4.69) is 15.8 Å². The van der Waals surface area contributed by atoms with Gasteiger partial charge in [-0.25, -0.2) is 0 Å². The van der Waals surface area contributed by atoms with Crippen LogP contribution in [0.2, 0.25) is 0 Å². The van der Waals surface area contributed by atoms with Crippen LogP contribution in [0.25, 0.3) is 0 Å². The predicted octanol–water partition coefficient (Wildman–Crippen LogP) is 4.00. The summed E-state index contributed by atoms with van der Waals surface area (Å²) >= 11 is 0. The van der Waals surface area contributed by atoms with Gasteiger partial charge in [-0.05, 0) is 51.3 Å². The molecule has 1 aliphatic rings. The third-order valence-electron chi connectivity index (χ3n) is 4.87. The maximum Gasteiger partial charge on any atom is 0.418 e. The molecule has 7 nitrogen and oxygen atoms in total. The summed E-state index contributed by atoms with van der Waals surface area (Å²) in [4.78, 5) is 24.3. The Labute approximate surface area is 170 Å². The molecule has 0 saturated carbocycles. The molecule has 10 heteroatoms. The molecule has 3 rings (SSSR count). The van der Waals surface area contributed by atoms with Crippen LogP contribution >= 0.6 is 0 Å². The van der Waals surface area contributed by atoms with Crippen LogP contribution in [0.1, 0.15) is 41.8 Å². The highest BCUT2D eigenvalue weighted by atomic mass is 19.4. The third kappa shape index (κ3) is 5.18. The van der Waals surface area contributed by atoms with E-state index in [0.717, 1.165) is 24.1 Å². The lowest BCUT2D eigenvalue weighted by atomic mass is 10.1. The molecular weight excluding hydrogens is 403 g/mol. The zero-order valence-electron chi connectivity index (χ0n) is 16.6. The van der Waals surface area contributed by atoms with E-state index < -0.39 is 29.7 Å². The van der Waals surface area contributed by atoms with Crippen molar-refractivity contribution in [1.82, 2.24) is 5.16 Å². The fourth-order valence-electron chi connectivity index (χ4n) is 3.28. The van der Waals surface area contributed by atoms with Crippen LogP contribution in [0.3, 0.4) is 0 Å². The number of hydrogen-bond acceptors (Lipinski definition) is 5. The van der Waals surface area contributed by atoms with Crippen molar-refractivity contribution in [1.29, 1.82) is 0 Å². The average molecular weight is 425 g/mol. The van der Waals surface area contributed by atoms with E-state index in [-0.39, 0.29) is 17.8 Å². The standard InChI is InChI=1S/C20H22F3N3O4/c1-11-14(12(2)30-26-11)6-8-18(27)25-16-7-5-13(10-15(16)20(21,22)23)24-19(28)17-4-3-9-29-17/h5,7,10,17H,3-4,6,8-9H2,1-2H3,(H,24,28)(H,25,27). The average Bonchev–Trinajstić information content (AvgIpc) is 3.31. The first kappa shape index (κ1) is 21.8. The molecule has 162 valence electrons. The Morgan fingerprint density at radius 1 is 1.23 bits per heavy atom. The molecule has 1 aliphatic heterocycles. The van der Waals surface area contributed by atoms with Gasteiger partial charge in [-0.3, -0.25) is 9.59 Å². The number of carbonyl (C=O) groups is 2. The van der Waals surface area contributed by atoms with Crippen molar-refractivity contribution in [3.63, 3.8) is 0 Å². The second kappa shape index (κ2) is 8.86. The highest BCUT2D eigenvalue weighted by Gasteiger charge is 2.35. The molecule has 2 aromatic rings. The van der Waals surface area contributed by atoms with E-state index in [4.69, 9.17) is 9.26 Å². The first-order valence-electron chi connectivity index (χ1n) is 9.50. The molecule has 30 heavy (non-hydrogen) atoms. The summed E-state index contributed by atoms with van der Waals surface area (Å²) in [7, 11) is 0. The molecule has 1 unspecified atom stereocenters. The quantitative estimate of drug-likeness (QED) is 0.730. The summed E-state index contributed by atoms with van der Waals surface area (Å²) < 4.78 is 50.8. The number of hydrogen-bond donors (Lipinski definition) is 2. The summed E-state index contributed by atoms with van der Waals surface area (Å²) in [6.45, 7) is 3.89. The van der Waals surface area contributed by atoms with E-state index in [0.29, 0.717) is 30.9 Å². The van der Waals surface area contributed by atoms with Crippen molar-refractivity contribution in [3.05, 3.63) is 40.8 Å². The first-order chi connectivity index (χ1) is 14.1. The molecule has 2 heterocycles. The number of amides is 2. The number of halogens is 3. The van der Waals surface area contributed by atoms with Crippen molar-refractivity contribution in [2.45, 2.75) is 51.8 Å². The van der Waals surface area contributed by atoms with E-state index >= 15 is 0 Å². The summed E-state index contributed by atoms with van der Waals surface area (Å²) in [5.74, 6) is -0.490. The fraction of sp³-hybridized carbons (Fsp3) is 0.450. The molecule has 0 bridgehead atoms. The van der Waals surface area contributed by atoms with Gasteiger partial charge in [0, 0.05) is 24.3 Å². The van der Waals surface area contributed by atoms with Gasteiger partial charge in [0.25, 0.3) is 5.91 Å². The zero-order valence-corrected chi connectivity index (χ0v) is 16.6. The number of alkyl halides is 3. The summed E-state index contributed by atoms with van der Waals surface area (Å²) in [5, 5.41) is 8.53. The number of aryl methyl sites for hydroxylation is 2. The number of carbonyl (C=O) groups excluding carboxylic acids is 2. The minimum absolute atomic E-state index is 0.0171. The number of ether oxygens (including phenoxy) is 1. The number of anilines is 2. The second-order valence-electron chi connectivity index (χ2n) is 7.10. The van der Waals surface area contributed by atoms with Crippen LogP contribution in [0.4, 0.5) is 24.5 Å².